The van der Waals surface area contributed by atoms with Crippen LogP contribution in [0.2, 0.25) is 5.02 Å². The number of amides is 1. The van der Waals surface area contributed by atoms with Crippen molar-refractivity contribution in [2.45, 2.75) is 36.5 Å². The number of piperazine rings is 1. The van der Waals surface area contributed by atoms with Gasteiger partial charge in [0.25, 0.3) is 0 Å². The minimum atomic E-state index is -4.52. The van der Waals surface area contributed by atoms with Crippen molar-refractivity contribution in [2.75, 3.05) is 42.5 Å². The maximum atomic E-state index is 14.4. The highest BCUT2D eigenvalue weighted by Crippen LogP contribution is 2.33. The van der Waals surface area contributed by atoms with E-state index in [0.717, 1.165) is 34.6 Å². The number of sulfonamides is 1. The van der Waals surface area contributed by atoms with E-state index in [1.165, 1.54) is 18.2 Å². The zero-order valence-electron chi connectivity index (χ0n) is 25.8. The zero-order valence-corrected chi connectivity index (χ0v) is 27.4. The highest BCUT2D eigenvalue weighted by atomic mass is 35.5. The van der Waals surface area contributed by atoms with E-state index in [0.29, 0.717) is 55.2 Å². The average molecular weight is 721 g/mol. The molecule has 6 rings (SSSR count). The van der Waals surface area contributed by atoms with Crippen molar-refractivity contribution in [3.8, 4) is 11.3 Å². The van der Waals surface area contributed by atoms with Crippen LogP contribution in [0.4, 0.5) is 33.6 Å². The monoisotopic (exact) mass is 720 g/mol. The van der Waals surface area contributed by atoms with Crippen LogP contribution in [0.25, 0.3) is 11.3 Å². The van der Waals surface area contributed by atoms with Gasteiger partial charge in [0.15, 0.2) is 0 Å². The summed E-state index contributed by atoms with van der Waals surface area (Å²) in [4.78, 5) is 26.1. The molecule has 9 nitrogen and oxygen atoms in total. The number of anilines is 2. The molecule has 0 aliphatic carbocycles. The van der Waals surface area contributed by atoms with Gasteiger partial charge >= 0.3 is 6.18 Å². The van der Waals surface area contributed by atoms with Gasteiger partial charge in [-0.15, -0.1) is 0 Å². The molecule has 2 aliphatic heterocycles. The van der Waals surface area contributed by atoms with Crippen LogP contribution < -0.4 is 15.1 Å². The van der Waals surface area contributed by atoms with Gasteiger partial charge in [0.1, 0.15) is 22.6 Å². The number of carbonyl (C=O) groups is 1. The van der Waals surface area contributed by atoms with Crippen LogP contribution in [0.15, 0.2) is 77.7 Å². The molecule has 1 atom stereocenters. The summed E-state index contributed by atoms with van der Waals surface area (Å²) in [6, 6.07) is 14.4. The van der Waals surface area contributed by atoms with Gasteiger partial charge in [0.05, 0.1) is 34.2 Å². The molecule has 2 fully saturated rings. The first kappa shape index (κ1) is 34.5. The summed E-state index contributed by atoms with van der Waals surface area (Å²) < 4.78 is 95.6. The number of hydrogen-bond donors (Lipinski definition) is 1. The van der Waals surface area contributed by atoms with Gasteiger partial charge in [-0.2, -0.15) is 17.5 Å². The lowest BCUT2D eigenvalue weighted by atomic mass is 10.1. The quantitative estimate of drug-likeness (QED) is 0.227. The Labute approximate surface area is 284 Å². The number of nitrogens with zero attached hydrogens (tertiary/aromatic N) is 5. The van der Waals surface area contributed by atoms with E-state index in [9.17, 15) is 35.2 Å². The van der Waals surface area contributed by atoms with Crippen molar-refractivity contribution in [3.05, 3.63) is 101 Å². The molecular weight excluding hydrogens is 691 g/mol. The van der Waals surface area contributed by atoms with Crippen molar-refractivity contribution < 1.29 is 35.2 Å². The number of nitrogens with one attached hydrogen (secondary N) is 1. The van der Waals surface area contributed by atoms with Crippen LogP contribution in [-0.2, 0) is 27.5 Å². The molecule has 1 amide bonds. The summed E-state index contributed by atoms with van der Waals surface area (Å²) in [5.74, 6) is -1.37. The molecule has 16 heteroatoms. The Morgan fingerprint density at radius 1 is 0.898 bits per heavy atom. The molecule has 2 aliphatic rings. The summed E-state index contributed by atoms with van der Waals surface area (Å²) in [5, 5.41) is 2.44. The molecule has 0 radical (unpaired) electrons. The standard InChI is InChI=1S/C33H30ClF5N6O3S/c34-25-18-23(35)11-12-30(25)49(47,48)45-13-3-6-29(45)31(46)40-20-24-19-27(21-7-9-22(10-8-21)33(37,38)39)42-32(41-24)44-16-14-43(15-17-44)28-5-2-1-4-26(28)36/h1-2,4-5,7-12,18-19,29H,3,6,13-17,20H2,(H,40,46). The maximum Gasteiger partial charge on any atom is 0.416 e. The average Bonchev–Trinajstić information content (AvgIpc) is 3.59. The van der Waals surface area contributed by atoms with Crippen LogP contribution in [0, 0.1) is 11.6 Å². The van der Waals surface area contributed by atoms with Gasteiger partial charge in [0, 0.05) is 38.3 Å². The molecule has 0 saturated carbocycles. The van der Waals surface area contributed by atoms with Crippen molar-refractivity contribution in [3.63, 3.8) is 0 Å². The minimum absolute atomic E-state index is 0.0582. The van der Waals surface area contributed by atoms with Crippen molar-refractivity contribution >= 4 is 39.2 Å². The summed E-state index contributed by atoms with van der Waals surface area (Å²) in [6.07, 6.45) is -3.88. The third-order valence-corrected chi connectivity index (χ3v) is 10.9. The normalized spacial score (nSPS) is 17.4. The fraction of sp³-hybridized carbons (Fsp3) is 0.303. The number of para-hydroxylation sites is 1. The van der Waals surface area contributed by atoms with Gasteiger partial charge in [0.2, 0.25) is 21.9 Å². The van der Waals surface area contributed by atoms with Crippen molar-refractivity contribution in [1.29, 1.82) is 0 Å². The van der Waals surface area contributed by atoms with Gasteiger partial charge in [-0.1, -0.05) is 35.9 Å². The highest BCUT2D eigenvalue weighted by molar-refractivity contribution is 7.89. The topological polar surface area (TPSA) is 98.7 Å². The molecule has 4 aromatic rings. The van der Waals surface area contributed by atoms with E-state index in [1.807, 2.05) is 9.80 Å². The molecule has 0 spiro atoms. The first-order valence-electron chi connectivity index (χ1n) is 15.4. The number of rotatable bonds is 8. The Kier molecular flexibility index (Phi) is 9.78. The highest BCUT2D eigenvalue weighted by Gasteiger charge is 2.40. The second kappa shape index (κ2) is 13.9. The number of hydrogen-bond acceptors (Lipinski definition) is 7. The van der Waals surface area contributed by atoms with Crippen molar-refractivity contribution in [1.82, 2.24) is 19.6 Å². The Bertz CT molecular complexity index is 1960. The molecule has 258 valence electrons. The maximum absolute atomic E-state index is 14.4. The Balaban J connectivity index is 1.23. The van der Waals surface area contributed by atoms with Crippen LogP contribution in [0.1, 0.15) is 24.1 Å². The fourth-order valence-electron chi connectivity index (χ4n) is 5.95. The van der Waals surface area contributed by atoms with E-state index in [1.54, 1.807) is 24.3 Å². The van der Waals surface area contributed by atoms with E-state index in [-0.39, 0.29) is 41.2 Å². The molecule has 1 aromatic heterocycles. The van der Waals surface area contributed by atoms with Gasteiger partial charge in [-0.05, 0) is 61.4 Å². The van der Waals surface area contributed by atoms with Gasteiger partial charge in [-0.3, -0.25) is 4.79 Å². The van der Waals surface area contributed by atoms with Gasteiger partial charge < -0.3 is 15.1 Å². The van der Waals surface area contributed by atoms with E-state index in [2.05, 4.69) is 15.3 Å². The summed E-state index contributed by atoms with van der Waals surface area (Å²) in [7, 11) is -4.23. The zero-order chi connectivity index (χ0) is 34.9. The first-order valence-corrected chi connectivity index (χ1v) is 17.2. The van der Waals surface area contributed by atoms with Crippen LogP contribution >= 0.6 is 11.6 Å². The van der Waals surface area contributed by atoms with Crippen LogP contribution in [0.3, 0.4) is 0 Å². The van der Waals surface area contributed by atoms with E-state index < -0.39 is 39.5 Å². The number of halogens is 6. The van der Waals surface area contributed by atoms with E-state index in [4.69, 9.17) is 11.6 Å². The second-order valence-corrected chi connectivity index (χ2v) is 13.9. The molecular formula is C33H30ClF5N6O3S. The number of aromatic nitrogens is 2. The Hall–Kier alpha value is -4.34. The minimum Gasteiger partial charge on any atom is -0.366 e. The first-order chi connectivity index (χ1) is 23.3. The summed E-state index contributed by atoms with van der Waals surface area (Å²) in [6.45, 7) is 1.65. The molecule has 49 heavy (non-hydrogen) atoms. The SMILES string of the molecule is O=C(NCc1cc(-c2ccc(C(F)(F)F)cc2)nc(N2CCN(c3ccccc3F)CC2)n1)C1CCCN1S(=O)(=O)c1ccc(F)cc1Cl. The van der Waals surface area contributed by atoms with Crippen molar-refractivity contribution in [2.24, 2.45) is 0 Å². The predicted molar refractivity (Wildman–Crippen MR) is 173 cm³/mol. The molecule has 3 heterocycles. The number of carbonyl (C=O) groups excluding carboxylic acids is 1. The van der Waals surface area contributed by atoms with Crippen LogP contribution in [-0.4, -0.2) is 67.4 Å². The lowest BCUT2D eigenvalue weighted by molar-refractivity contribution is -0.137. The van der Waals surface area contributed by atoms with Gasteiger partial charge in [-0.25, -0.2) is 27.2 Å². The fourth-order valence-corrected chi connectivity index (χ4v) is 8.11. The number of alkyl halides is 3. The second-order valence-electron chi connectivity index (χ2n) is 11.6. The largest absolute Gasteiger partial charge is 0.416 e. The summed E-state index contributed by atoms with van der Waals surface area (Å²) >= 11 is 6.04. The summed E-state index contributed by atoms with van der Waals surface area (Å²) in [5.41, 5.74) is 0.683. The van der Waals surface area contributed by atoms with Crippen LogP contribution in [0.5, 0.6) is 0 Å². The Morgan fingerprint density at radius 3 is 2.27 bits per heavy atom. The predicted octanol–water partition coefficient (Wildman–Crippen LogP) is 5.89. The molecule has 1 N–H and O–H groups in total. The third-order valence-electron chi connectivity index (χ3n) is 8.46. The lowest BCUT2D eigenvalue weighted by Crippen LogP contribution is -2.47. The molecule has 3 aromatic carbocycles. The molecule has 1 unspecified atom stereocenters. The molecule has 2 saturated heterocycles. The smallest absolute Gasteiger partial charge is 0.366 e. The van der Waals surface area contributed by atoms with E-state index >= 15 is 0 Å². The Morgan fingerprint density at radius 2 is 1.59 bits per heavy atom. The number of benzene rings is 3. The molecule has 0 bridgehead atoms. The lowest BCUT2D eigenvalue weighted by Gasteiger charge is -2.36. The third kappa shape index (κ3) is 7.48.